The van der Waals surface area contributed by atoms with Crippen LogP contribution in [0.1, 0.15) is 51.4 Å². The summed E-state index contributed by atoms with van der Waals surface area (Å²) in [5, 5.41) is 11.7. The largest absolute Gasteiger partial charge is 0.481 e. The van der Waals surface area contributed by atoms with Gasteiger partial charge in [0.25, 0.3) is 0 Å². The van der Waals surface area contributed by atoms with Gasteiger partial charge in [0.15, 0.2) is 0 Å². The lowest BCUT2D eigenvalue weighted by Crippen LogP contribution is -2.38. The van der Waals surface area contributed by atoms with Gasteiger partial charge < -0.3 is 15.2 Å². The number of carboxylic acids is 1. The van der Waals surface area contributed by atoms with Crippen LogP contribution in [0.2, 0.25) is 0 Å². The van der Waals surface area contributed by atoms with Gasteiger partial charge in [0.2, 0.25) is 5.91 Å². The lowest BCUT2D eigenvalue weighted by atomic mass is 10.0. The SMILES string of the molecule is O=C(O)CC(NC(=O)CCC1CCCCO1)C1CC1. The molecule has 5 heteroatoms. The fraction of sp³-hybridized carbons (Fsp3) is 0.857. The van der Waals surface area contributed by atoms with Crippen LogP contribution in [0, 0.1) is 5.92 Å². The second kappa shape index (κ2) is 6.89. The van der Waals surface area contributed by atoms with Gasteiger partial charge in [-0.3, -0.25) is 9.59 Å². The Morgan fingerprint density at radius 3 is 2.63 bits per heavy atom. The summed E-state index contributed by atoms with van der Waals surface area (Å²) in [6, 6.07) is -0.183. The quantitative estimate of drug-likeness (QED) is 0.737. The summed E-state index contributed by atoms with van der Waals surface area (Å²) in [6.07, 6.45) is 6.82. The van der Waals surface area contributed by atoms with Gasteiger partial charge in [-0.15, -0.1) is 0 Å². The lowest BCUT2D eigenvalue weighted by Gasteiger charge is -2.23. The molecule has 1 saturated heterocycles. The molecule has 1 aliphatic carbocycles. The first-order valence-corrected chi connectivity index (χ1v) is 7.28. The number of amides is 1. The number of aliphatic carboxylic acids is 1. The zero-order valence-electron chi connectivity index (χ0n) is 11.3. The molecule has 2 N–H and O–H groups in total. The minimum atomic E-state index is -0.840. The minimum Gasteiger partial charge on any atom is -0.481 e. The monoisotopic (exact) mass is 269 g/mol. The standard InChI is InChI=1S/C14H23NO4/c16-13(7-6-11-3-1-2-8-19-11)15-12(9-14(17)18)10-4-5-10/h10-12H,1-9H2,(H,15,16)(H,17,18). The van der Waals surface area contributed by atoms with E-state index in [-0.39, 0.29) is 24.5 Å². The summed E-state index contributed by atoms with van der Waals surface area (Å²) in [4.78, 5) is 22.6. The smallest absolute Gasteiger partial charge is 0.305 e. The van der Waals surface area contributed by atoms with Crippen molar-refractivity contribution in [2.75, 3.05) is 6.61 Å². The molecule has 2 atom stereocenters. The van der Waals surface area contributed by atoms with Crippen molar-refractivity contribution in [2.24, 2.45) is 5.92 Å². The number of nitrogens with one attached hydrogen (secondary N) is 1. The summed E-state index contributed by atoms with van der Waals surface area (Å²) in [7, 11) is 0. The van der Waals surface area contributed by atoms with Crippen molar-refractivity contribution < 1.29 is 19.4 Å². The van der Waals surface area contributed by atoms with E-state index in [1.165, 1.54) is 6.42 Å². The summed E-state index contributed by atoms with van der Waals surface area (Å²) in [5.41, 5.74) is 0. The van der Waals surface area contributed by atoms with Crippen LogP contribution in [0.15, 0.2) is 0 Å². The molecule has 0 bridgehead atoms. The Hall–Kier alpha value is -1.10. The predicted molar refractivity (Wildman–Crippen MR) is 69.7 cm³/mol. The summed E-state index contributed by atoms with van der Waals surface area (Å²) in [6.45, 7) is 0.802. The minimum absolute atomic E-state index is 0.0349. The van der Waals surface area contributed by atoms with E-state index in [1.807, 2.05) is 0 Å². The first kappa shape index (κ1) is 14.3. The van der Waals surface area contributed by atoms with Gasteiger partial charge in [-0.25, -0.2) is 0 Å². The molecule has 1 amide bonds. The molecule has 2 rings (SSSR count). The molecule has 0 aromatic rings. The highest BCUT2D eigenvalue weighted by Crippen LogP contribution is 2.34. The van der Waals surface area contributed by atoms with Crippen molar-refractivity contribution in [3.8, 4) is 0 Å². The number of ether oxygens (including phenoxy) is 1. The molecular weight excluding hydrogens is 246 g/mol. The van der Waals surface area contributed by atoms with Gasteiger partial charge >= 0.3 is 5.97 Å². The third kappa shape index (κ3) is 5.19. The van der Waals surface area contributed by atoms with Crippen molar-refractivity contribution in [1.82, 2.24) is 5.32 Å². The van der Waals surface area contributed by atoms with E-state index in [0.29, 0.717) is 12.3 Å². The highest BCUT2D eigenvalue weighted by atomic mass is 16.5. The first-order valence-electron chi connectivity index (χ1n) is 7.28. The van der Waals surface area contributed by atoms with E-state index >= 15 is 0 Å². The van der Waals surface area contributed by atoms with Gasteiger partial charge in [0, 0.05) is 19.1 Å². The normalized spacial score (nSPS) is 24.7. The lowest BCUT2D eigenvalue weighted by molar-refractivity contribution is -0.138. The van der Waals surface area contributed by atoms with E-state index < -0.39 is 5.97 Å². The number of carbonyl (C=O) groups is 2. The average molecular weight is 269 g/mol. The highest BCUT2D eigenvalue weighted by molar-refractivity contribution is 5.77. The molecule has 1 saturated carbocycles. The predicted octanol–water partition coefficient (Wildman–Crippen LogP) is 1.71. The van der Waals surface area contributed by atoms with Crippen molar-refractivity contribution in [1.29, 1.82) is 0 Å². The number of carbonyl (C=O) groups excluding carboxylic acids is 1. The second-order valence-corrected chi connectivity index (χ2v) is 5.64. The van der Waals surface area contributed by atoms with Crippen LogP contribution < -0.4 is 5.32 Å². The Morgan fingerprint density at radius 2 is 2.05 bits per heavy atom. The molecule has 0 aromatic carbocycles. The topological polar surface area (TPSA) is 75.6 Å². The van der Waals surface area contributed by atoms with Crippen molar-refractivity contribution in [3.63, 3.8) is 0 Å². The zero-order chi connectivity index (χ0) is 13.7. The maximum atomic E-state index is 11.9. The van der Waals surface area contributed by atoms with E-state index in [1.54, 1.807) is 0 Å². The Bertz CT molecular complexity index is 321. The maximum absolute atomic E-state index is 11.9. The van der Waals surface area contributed by atoms with Gasteiger partial charge in [-0.05, 0) is 44.4 Å². The molecule has 1 heterocycles. The van der Waals surface area contributed by atoms with Crippen LogP contribution in [-0.4, -0.2) is 35.7 Å². The molecule has 2 aliphatic rings. The second-order valence-electron chi connectivity index (χ2n) is 5.64. The Morgan fingerprint density at radius 1 is 1.26 bits per heavy atom. The van der Waals surface area contributed by atoms with Gasteiger partial charge in [0.05, 0.1) is 12.5 Å². The molecule has 2 unspecified atom stereocenters. The molecule has 0 spiro atoms. The van der Waals surface area contributed by atoms with E-state index in [0.717, 1.165) is 38.7 Å². The van der Waals surface area contributed by atoms with Crippen molar-refractivity contribution in [3.05, 3.63) is 0 Å². The number of hydrogen-bond donors (Lipinski definition) is 2. The van der Waals surface area contributed by atoms with Crippen LogP contribution in [0.4, 0.5) is 0 Å². The summed E-state index contributed by atoms with van der Waals surface area (Å²) in [5.74, 6) is -0.508. The highest BCUT2D eigenvalue weighted by Gasteiger charge is 2.33. The molecule has 0 radical (unpaired) electrons. The third-order valence-corrected chi connectivity index (χ3v) is 3.90. The fourth-order valence-electron chi connectivity index (χ4n) is 2.63. The first-order chi connectivity index (χ1) is 9.15. The number of carboxylic acid groups (broad SMARTS) is 1. The van der Waals surface area contributed by atoms with Crippen LogP contribution in [0.5, 0.6) is 0 Å². The van der Waals surface area contributed by atoms with Crippen LogP contribution in [0.3, 0.4) is 0 Å². The maximum Gasteiger partial charge on any atom is 0.305 e. The van der Waals surface area contributed by atoms with Crippen LogP contribution in [-0.2, 0) is 14.3 Å². The van der Waals surface area contributed by atoms with Gasteiger partial charge in [0.1, 0.15) is 0 Å². The summed E-state index contributed by atoms with van der Waals surface area (Å²) >= 11 is 0. The molecule has 2 fully saturated rings. The van der Waals surface area contributed by atoms with E-state index in [2.05, 4.69) is 5.32 Å². The molecule has 19 heavy (non-hydrogen) atoms. The Balaban J connectivity index is 1.68. The Kier molecular flexibility index (Phi) is 5.19. The van der Waals surface area contributed by atoms with E-state index in [9.17, 15) is 9.59 Å². The van der Waals surface area contributed by atoms with Gasteiger partial charge in [-0.2, -0.15) is 0 Å². The molecule has 1 aliphatic heterocycles. The molecular formula is C14H23NO4. The number of hydrogen-bond acceptors (Lipinski definition) is 3. The van der Waals surface area contributed by atoms with Crippen molar-refractivity contribution in [2.45, 2.75) is 63.5 Å². The summed E-state index contributed by atoms with van der Waals surface area (Å²) < 4.78 is 5.58. The third-order valence-electron chi connectivity index (χ3n) is 3.90. The van der Waals surface area contributed by atoms with E-state index in [4.69, 9.17) is 9.84 Å². The average Bonchev–Trinajstić information content (AvgIpc) is 3.20. The van der Waals surface area contributed by atoms with Crippen LogP contribution >= 0.6 is 0 Å². The Labute approximate surface area is 113 Å². The zero-order valence-corrected chi connectivity index (χ0v) is 11.3. The fourth-order valence-corrected chi connectivity index (χ4v) is 2.63. The van der Waals surface area contributed by atoms with Gasteiger partial charge in [-0.1, -0.05) is 0 Å². The molecule has 5 nitrogen and oxygen atoms in total. The molecule has 108 valence electrons. The van der Waals surface area contributed by atoms with Crippen molar-refractivity contribution >= 4 is 11.9 Å². The van der Waals surface area contributed by atoms with Crippen LogP contribution in [0.25, 0.3) is 0 Å². The molecule has 0 aromatic heterocycles. The number of rotatable bonds is 7.